The molecule has 5 nitrogen and oxygen atoms in total. The monoisotopic (exact) mass is 472 g/mol. The van der Waals surface area contributed by atoms with Crippen LogP contribution in [0.15, 0.2) is 91.0 Å². The highest BCUT2D eigenvalue weighted by Gasteiger charge is 2.34. The van der Waals surface area contributed by atoms with Crippen molar-refractivity contribution in [3.8, 4) is 11.5 Å². The maximum Gasteiger partial charge on any atom is 0.262 e. The fourth-order valence-electron chi connectivity index (χ4n) is 4.15. The van der Waals surface area contributed by atoms with Crippen molar-refractivity contribution in [1.29, 1.82) is 0 Å². The predicted molar refractivity (Wildman–Crippen MR) is 130 cm³/mol. The van der Waals surface area contributed by atoms with E-state index in [4.69, 9.17) is 9.47 Å². The summed E-state index contributed by atoms with van der Waals surface area (Å²) in [5, 5.41) is 3.42. The van der Waals surface area contributed by atoms with Crippen molar-refractivity contribution < 1.29 is 23.0 Å². The zero-order valence-electron chi connectivity index (χ0n) is 18.9. The molecule has 4 aromatic carbocycles. The van der Waals surface area contributed by atoms with Crippen LogP contribution in [0.3, 0.4) is 0 Å². The van der Waals surface area contributed by atoms with Gasteiger partial charge >= 0.3 is 0 Å². The molecule has 0 bridgehead atoms. The van der Waals surface area contributed by atoms with E-state index in [-0.39, 0.29) is 24.1 Å². The van der Waals surface area contributed by atoms with E-state index in [1.807, 2.05) is 24.3 Å². The molecule has 0 aromatic heterocycles. The van der Waals surface area contributed by atoms with Gasteiger partial charge in [0, 0.05) is 16.9 Å². The van der Waals surface area contributed by atoms with Crippen LogP contribution in [0.25, 0.3) is 0 Å². The maximum absolute atomic E-state index is 14.1. The maximum atomic E-state index is 14.1. The number of carbonyl (C=O) groups is 1. The molecule has 0 aliphatic carbocycles. The summed E-state index contributed by atoms with van der Waals surface area (Å²) in [6.07, 6.45) is -0.582. The molecule has 0 fully saturated rings. The van der Waals surface area contributed by atoms with E-state index < -0.39 is 12.0 Å². The first-order valence-corrected chi connectivity index (χ1v) is 11.0. The van der Waals surface area contributed by atoms with Crippen LogP contribution in [0.1, 0.15) is 27.7 Å². The van der Waals surface area contributed by atoms with E-state index >= 15 is 0 Å². The highest BCUT2D eigenvalue weighted by Crippen LogP contribution is 2.38. The molecule has 1 amide bonds. The van der Waals surface area contributed by atoms with E-state index in [0.29, 0.717) is 28.3 Å². The minimum atomic E-state index is -0.582. The molecule has 1 N–H and O–H groups in total. The van der Waals surface area contributed by atoms with Crippen molar-refractivity contribution in [2.75, 3.05) is 17.3 Å². The Morgan fingerprint density at radius 1 is 0.886 bits per heavy atom. The molecule has 176 valence electrons. The number of methoxy groups -OCH3 is 1. The Bertz CT molecular complexity index is 1370. The number of carbonyl (C=O) groups excluding carboxylic acids is 1. The number of nitrogens with one attached hydrogen (secondary N) is 1. The Balaban J connectivity index is 1.54. The summed E-state index contributed by atoms with van der Waals surface area (Å²) in [5.41, 5.74) is 3.19. The Labute approximate surface area is 201 Å². The Morgan fingerprint density at radius 3 is 2.40 bits per heavy atom. The minimum absolute atomic E-state index is 0.0613. The number of amides is 1. The predicted octanol–water partition coefficient (Wildman–Crippen LogP) is 6.32. The number of hydrogen-bond donors (Lipinski definition) is 1. The van der Waals surface area contributed by atoms with Crippen molar-refractivity contribution in [2.45, 2.75) is 12.8 Å². The highest BCUT2D eigenvalue weighted by molar-refractivity contribution is 6.12. The normalized spacial score (nSPS) is 14.8. The largest absolute Gasteiger partial charge is 0.496 e. The summed E-state index contributed by atoms with van der Waals surface area (Å²) in [5.74, 6) is -0.355. The summed E-state index contributed by atoms with van der Waals surface area (Å²) >= 11 is 0. The second-order valence-corrected chi connectivity index (χ2v) is 8.03. The van der Waals surface area contributed by atoms with Gasteiger partial charge in [-0.05, 0) is 66.2 Å². The van der Waals surface area contributed by atoms with E-state index in [1.54, 1.807) is 60.5 Å². The summed E-state index contributed by atoms with van der Waals surface area (Å²) in [7, 11) is 1.55. The third kappa shape index (κ3) is 4.40. The third-order valence-electron chi connectivity index (χ3n) is 5.87. The molecule has 1 aliphatic rings. The van der Waals surface area contributed by atoms with Crippen LogP contribution in [0.5, 0.6) is 11.5 Å². The van der Waals surface area contributed by atoms with Crippen LogP contribution in [-0.2, 0) is 6.61 Å². The third-order valence-corrected chi connectivity index (χ3v) is 5.87. The average Bonchev–Trinajstić information content (AvgIpc) is 2.89. The smallest absolute Gasteiger partial charge is 0.262 e. The molecule has 7 heteroatoms. The van der Waals surface area contributed by atoms with Gasteiger partial charge in [0.25, 0.3) is 5.91 Å². The van der Waals surface area contributed by atoms with E-state index in [1.165, 1.54) is 18.2 Å². The first-order chi connectivity index (χ1) is 17.0. The lowest BCUT2D eigenvalue weighted by molar-refractivity contribution is 0.0975. The number of nitrogens with zero attached hydrogens (tertiary/aromatic N) is 1. The van der Waals surface area contributed by atoms with Crippen LogP contribution in [-0.4, -0.2) is 13.0 Å². The van der Waals surface area contributed by atoms with Gasteiger partial charge < -0.3 is 14.8 Å². The molecule has 1 heterocycles. The Hall–Kier alpha value is -4.39. The van der Waals surface area contributed by atoms with Gasteiger partial charge in [0.1, 0.15) is 24.3 Å². The second kappa shape index (κ2) is 9.46. The lowest BCUT2D eigenvalue weighted by atomic mass is 10.0. The van der Waals surface area contributed by atoms with E-state index in [0.717, 1.165) is 5.56 Å². The average molecular weight is 472 g/mol. The van der Waals surface area contributed by atoms with Crippen LogP contribution in [0.2, 0.25) is 0 Å². The standard InChI is InChI=1S/C28H22F2N2O3/c1-34-25-15-10-18(16-19(25)17-35-26-9-5-3-7-23(26)30)27-31-24-8-4-2-6-22(24)28(33)32(27)21-13-11-20(29)12-14-21/h2-16,27,31H,17H2,1H3. The van der Waals surface area contributed by atoms with Crippen molar-refractivity contribution in [2.24, 2.45) is 0 Å². The van der Waals surface area contributed by atoms with E-state index in [2.05, 4.69) is 5.32 Å². The zero-order chi connectivity index (χ0) is 24.4. The van der Waals surface area contributed by atoms with Crippen molar-refractivity contribution >= 4 is 17.3 Å². The SMILES string of the molecule is COc1ccc(C2Nc3ccccc3C(=O)N2c2ccc(F)cc2)cc1COc1ccccc1F. The summed E-state index contributed by atoms with van der Waals surface area (Å²) in [6, 6.07) is 24.7. The molecule has 0 saturated heterocycles. The molecule has 0 saturated carbocycles. The first kappa shape index (κ1) is 22.4. The molecule has 0 spiro atoms. The van der Waals surface area contributed by atoms with Crippen LogP contribution in [0, 0.1) is 11.6 Å². The van der Waals surface area contributed by atoms with Crippen LogP contribution < -0.4 is 19.7 Å². The number of ether oxygens (including phenoxy) is 2. The highest BCUT2D eigenvalue weighted by atomic mass is 19.1. The van der Waals surface area contributed by atoms with Gasteiger partial charge in [0.15, 0.2) is 11.6 Å². The Kier molecular flexibility index (Phi) is 6.06. The number of hydrogen-bond acceptors (Lipinski definition) is 4. The molecule has 35 heavy (non-hydrogen) atoms. The molecule has 1 aliphatic heterocycles. The summed E-state index contributed by atoms with van der Waals surface area (Å²) in [4.78, 5) is 15.1. The second-order valence-electron chi connectivity index (χ2n) is 8.03. The lowest BCUT2D eigenvalue weighted by Gasteiger charge is -2.38. The molecular weight excluding hydrogens is 450 g/mol. The van der Waals surface area contributed by atoms with Crippen molar-refractivity contribution in [1.82, 2.24) is 0 Å². The van der Waals surface area contributed by atoms with Gasteiger partial charge in [-0.2, -0.15) is 0 Å². The number of para-hydroxylation sites is 2. The first-order valence-electron chi connectivity index (χ1n) is 11.0. The molecule has 1 atom stereocenters. The van der Waals surface area contributed by atoms with Gasteiger partial charge in [0.05, 0.1) is 12.7 Å². The molecule has 1 unspecified atom stereocenters. The number of benzene rings is 4. The number of rotatable bonds is 6. The number of halogens is 2. The lowest BCUT2D eigenvalue weighted by Crippen LogP contribution is -2.43. The molecular formula is C28H22F2N2O3. The van der Waals surface area contributed by atoms with E-state index in [9.17, 15) is 13.6 Å². The minimum Gasteiger partial charge on any atom is -0.496 e. The van der Waals surface area contributed by atoms with Crippen molar-refractivity contribution in [3.05, 3.63) is 119 Å². The van der Waals surface area contributed by atoms with Crippen molar-refractivity contribution in [3.63, 3.8) is 0 Å². The molecule has 5 rings (SSSR count). The fraction of sp³-hybridized carbons (Fsp3) is 0.107. The fourth-order valence-corrected chi connectivity index (χ4v) is 4.15. The van der Waals surface area contributed by atoms with Gasteiger partial charge in [-0.25, -0.2) is 8.78 Å². The quantitative estimate of drug-likeness (QED) is 0.357. The topological polar surface area (TPSA) is 50.8 Å². The van der Waals surface area contributed by atoms with Gasteiger partial charge in [-0.3, -0.25) is 9.69 Å². The van der Waals surface area contributed by atoms with Gasteiger partial charge in [-0.1, -0.05) is 30.3 Å². The molecule has 4 aromatic rings. The zero-order valence-corrected chi connectivity index (χ0v) is 18.9. The molecule has 0 radical (unpaired) electrons. The van der Waals surface area contributed by atoms with Gasteiger partial charge in [-0.15, -0.1) is 0 Å². The summed E-state index contributed by atoms with van der Waals surface area (Å²) < 4.78 is 38.9. The number of anilines is 2. The summed E-state index contributed by atoms with van der Waals surface area (Å²) in [6.45, 7) is 0.0613. The Morgan fingerprint density at radius 2 is 1.63 bits per heavy atom. The van der Waals surface area contributed by atoms with Gasteiger partial charge in [0.2, 0.25) is 0 Å². The van der Waals surface area contributed by atoms with Crippen LogP contribution >= 0.6 is 0 Å². The number of fused-ring (bicyclic) bond motifs is 1. The van der Waals surface area contributed by atoms with Crippen LogP contribution in [0.4, 0.5) is 20.2 Å².